The summed E-state index contributed by atoms with van der Waals surface area (Å²) >= 11 is 0. The summed E-state index contributed by atoms with van der Waals surface area (Å²) in [5.74, 6) is 0.0294. The van der Waals surface area contributed by atoms with E-state index in [1.165, 1.54) is 12.1 Å². The van der Waals surface area contributed by atoms with Gasteiger partial charge in [-0.3, -0.25) is 0 Å². The fourth-order valence-electron chi connectivity index (χ4n) is 3.62. The molecule has 0 aliphatic rings. The van der Waals surface area contributed by atoms with Crippen LogP contribution in [0.1, 0.15) is 61.3 Å². The van der Waals surface area contributed by atoms with Crippen molar-refractivity contribution in [1.29, 1.82) is 0 Å². The molecule has 0 aliphatic heterocycles. The van der Waals surface area contributed by atoms with Crippen molar-refractivity contribution in [2.75, 3.05) is 26.3 Å². The van der Waals surface area contributed by atoms with Gasteiger partial charge in [0, 0.05) is 25.3 Å². The van der Waals surface area contributed by atoms with E-state index >= 15 is 0 Å². The number of hydrogen-bond acceptors (Lipinski definition) is 7. The van der Waals surface area contributed by atoms with Crippen LogP contribution in [0.15, 0.2) is 47.4 Å². The molecule has 0 saturated heterocycles. The van der Waals surface area contributed by atoms with Crippen LogP contribution in [-0.2, 0) is 27.8 Å². The molecule has 0 heterocycles. The zero-order valence-electron chi connectivity index (χ0n) is 19.7. The van der Waals surface area contributed by atoms with E-state index in [-0.39, 0.29) is 17.3 Å². The highest BCUT2D eigenvalue weighted by Gasteiger charge is 2.10. The fourth-order valence-corrected chi connectivity index (χ4v) is 4.20. The summed E-state index contributed by atoms with van der Waals surface area (Å²) in [6.07, 6.45) is 6.12. The maximum atomic E-state index is 11.4. The van der Waals surface area contributed by atoms with Gasteiger partial charge in [0.15, 0.2) is 0 Å². The molecule has 34 heavy (non-hydrogen) atoms. The predicted octanol–water partition coefficient (Wildman–Crippen LogP) is 2.75. The fraction of sp³-hybridized carbons (Fsp3) is 0.520. The summed E-state index contributed by atoms with van der Waals surface area (Å²) in [7, 11) is -3.65. The van der Waals surface area contributed by atoms with Gasteiger partial charge >= 0.3 is 0 Å². The number of sulfonamides is 1. The van der Waals surface area contributed by atoms with Crippen LogP contribution in [-0.4, -0.2) is 50.0 Å². The number of aryl methyl sites for hydroxylation is 1. The molecule has 0 fully saturated rings. The van der Waals surface area contributed by atoms with Gasteiger partial charge in [-0.1, -0.05) is 24.6 Å². The lowest BCUT2D eigenvalue weighted by Crippen LogP contribution is -2.22. The number of aromatic hydroxyl groups is 1. The predicted molar refractivity (Wildman–Crippen MR) is 132 cm³/mol. The molecule has 0 unspecified atom stereocenters. The van der Waals surface area contributed by atoms with Crippen molar-refractivity contribution in [2.24, 2.45) is 5.14 Å². The molecule has 1 atom stereocenters. The summed E-state index contributed by atoms with van der Waals surface area (Å²) in [4.78, 5) is 0.161. The van der Waals surface area contributed by atoms with Crippen molar-refractivity contribution < 1.29 is 28.5 Å². The monoisotopic (exact) mass is 494 g/mol. The standard InChI is InChI=1S/C25H38N2O6S/c26-34(31,32)23-10-7-9-20(16-23)8-3-1-5-14-33-15-6-2-4-13-27-18-25(30)21-11-12-24(29)22(17-21)19-28/h7,9-12,16-17,25,27-30H,1-6,8,13-15,18-19H2,(H2,26,31,32)/t25-/m1/s1. The van der Waals surface area contributed by atoms with Crippen LogP contribution >= 0.6 is 0 Å². The van der Waals surface area contributed by atoms with Crippen molar-refractivity contribution in [3.8, 4) is 5.75 Å². The first kappa shape index (κ1) is 28.2. The Morgan fingerprint density at radius 2 is 1.71 bits per heavy atom. The lowest BCUT2D eigenvalue weighted by Gasteiger charge is -2.14. The molecule has 0 spiro atoms. The second-order valence-electron chi connectivity index (χ2n) is 8.44. The van der Waals surface area contributed by atoms with Gasteiger partial charge in [0.1, 0.15) is 5.75 Å². The molecule has 0 saturated carbocycles. The minimum atomic E-state index is -3.65. The van der Waals surface area contributed by atoms with Crippen LogP contribution in [0.3, 0.4) is 0 Å². The van der Waals surface area contributed by atoms with Gasteiger partial charge in [0.05, 0.1) is 17.6 Å². The van der Waals surface area contributed by atoms with Gasteiger partial charge in [-0.05, 0) is 80.5 Å². The van der Waals surface area contributed by atoms with Crippen molar-refractivity contribution in [3.05, 3.63) is 59.2 Å². The van der Waals surface area contributed by atoms with Crippen LogP contribution in [0, 0.1) is 0 Å². The molecule has 0 radical (unpaired) electrons. The molecule has 0 bridgehead atoms. The third kappa shape index (κ3) is 10.5. The Hall–Kier alpha value is -2.01. The molecule has 8 nitrogen and oxygen atoms in total. The minimum absolute atomic E-state index is 0.0294. The first-order valence-electron chi connectivity index (χ1n) is 11.8. The van der Waals surface area contributed by atoms with Gasteiger partial charge in [-0.2, -0.15) is 0 Å². The van der Waals surface area contributed by atoms with Crippen molar-refractivity contribution in [1.82, 2.24) is 5.32 Å². The maximum Gasteiger partial charge on any atom is 0.238 e. The summed E-state index contributed by atoms with van der Waals surface area (Å²) in [5.41, 5.74) is 2.05. The average molecular weight is 495 g/mol. The molecule has 9 heteroatoms. The highest BCUT2D eigenvalue weighted by Crippen LogP contribution is 2.22. The number of benzene rings is 2. The summed E-state index contributed by atoms with van der Waals surface area (Å²) < 4.78 is 28.5. The first-order chi connectivity index (χ1) is 16.3. The number of primary sulfonamides is 1. The third-order valence-electron chi connectivity index (χ3n) is 5.62. The largest absolute Gasteiger partial charge is 0.508 e. The number of ether oxygens (including phenoxy) is 1. The molecule has 6 N–H and O–H groups in total. The molecule has 0 amide bonds. The van der Waals surface area contributed by atoms with Gasteiger partial charge < -0.3 is 25.4 Å². The van der Waals surface area contributed by atoms with Crippen molar-refractivity contribution in [2.45, 2.75) is 62.6 Å². The number of unbranched alkanes of at least 4 members (excludes halogenated alkanes) is 4. The molecule has 2 aromatic rings. The van der Waals surface area contributed by atoms with E-state index in [0.29, 0.717) is 17.7 Å². The lowest BCUT2D eigenvalue weighted by atomic mass is 10.1. The maximum absolute atomic E-state index is 11.4. The van der Waals surface area contributed by atoms with Crippen LogP contribution in [0.25, 0.3) is 0 Å². The molecule has 2 rings (SSSR count). The topological polar surface area (TPSA) is 142 Å². The summed E-state index contributed by atoms with van der Waals surface area (Å²) in [6.45, 7) is 2.41. The number of aliphatic hydroxyl groups is 2. The second kappa shape index (κ2) is 15.1. The number of nitrogens with one attached hydrogen (secondary N) is 1. The molecule has 190 valence electrons. The van der Waals surface area contributed by atoms with E-state index in [4.69, 9.17) is 9.88 Å². The zero-order chi connectivity index (χ0) is 24.8. The van der Waals surface area contributed by atoms with Crippen molar-refractivity contribution >= 4 is 10.0 Å². The van der Waals surface area contributed by atoms with Crippen molar-refractivity contribution in [3.63, 3.8) is 0 Å². The Morgan fingerprint density at radius 3 is 2.41 bits per heavy atom. The Kier molecular flexibility index (Phi) is 12.5. The molecular weight excluding hydrogens is 456 g/mol. The van der Waals surface area contributed by atoms with E-state index in [1.807, 2.05) is 6.07 Å². The van der Waals surface area contributed by atoms with Gasteiger partial charge in [-0.15, -0.1) is 0 Å². The lowest BCUT2D eigenvalue weighted by molar-refractivity contribution is 0.125. The Bertz CT molecular complexity index is 968. The van der Waals surface area contributed by atoms with Crippen LogP contribution < -0.4 is 10.5 Å². The number of rotatable bonds is 17. The smallest absolute Gasteiger partial charge is 0.238 e. The molecule has 0 aromatic heterocycles. The summed E-state index contributed by atoms with van der Waals surface area (Å²) in [6, 6.07) is 11.6. The minimum Gasteiger partial charge on any atom is -0.508 e. The van der Waals surface area contributed by atoms with Crippen LogP contribution in [0.4, 0.5) is 0 Å². The van der Waals surface area contributed by atoms with E-state index in [0.717, 1.165) is 70.3 Å². The van der Waals surface area contributed by atoms with Gasteiger partial charge in [-0.25, -0.2) is 13.6 Å². The average Bonchev–Trinajstić information content (AvgIpc) is 2.81. The highest BCUT2D eigenvalue weighted by atomic mass is 32.2. The number of aliphatic hydroxyl groups excluding tert-OH is 2. The number of hydrogen-bond donors (Lipinski definition) is 5. The highest BCUT2D eigenvalue weighted by molar-refractivity contribution is 7.89. The quantitative estimate of drug-likeness (QED) is 0.213. The first-order valence-corrected chi connectivity index (χ1v) is 13.4. The number of nitrogens with two attached hydrogens (primary N) is 1. The van der Waals surface area contributed by atoms with E-state index in [2.05, 4.69) is 5.32 Å². The number of phenols is 1. The van der Waals surface area contributed by atoms with Gasteiger partial charge in [0.2, 0.25) is 10.0 Å². The van der Waals surface area contributed by atoms with E-state index < -0.39 is 16.1 Å². The van der Waals surface area contributed by atoms with E-state index in [1.54, 1.807) is 24.3 Å². The Morgan fingerprint density at radius 1 is 0.971 bits per heavy atom. The third-order valence-corrected chi connectivity index (χ3v) is 6.53. The molecule has 0 aliphatic carbocycles. The summed E-state index contributed by atoms with van der Waals surface area (Å²) in [5, 5.41) is 37.4. The normalized spacial score (nSPS) is 12.7. The molecular formula is C25H38N2O6S. The molecule has 2 aromatic carbocycles. The Labute approximate surface area is 202 Å². The Balaban J connectivity index is 1.43. The van der Waals surface area contributed by atoms with E-state index in [9.17, 15) is 23.7 Å². The van der Waals surface area contributed by atoms with Crippen LogP contribution in [0.5, 0.6) is 5.75 Å². The SMILES string of the molecule is NS(=O)(=O)c1cccc(CCCCCOCCCCCNC[C@@H](O)c2ccc(O)c(CO)c2)c1. The van der Waals surface area contributed by atoms with Gasteiger partial charge in [0.25, 0.3) is 0 Å². The van der Waals surface area contributed by atoms with Crippen LogP contribution in [0.2, 0.25) is 0 Å². The second-order valence-corrected chi connectivity index (χ2v) is 10.0. The zero-order valence-corrected chi connectivity index (χ0v) is 20.5.